The van der Waals surface area contributed by atoms with Gasteiger partial charge in [-0.2, -0.15) is 4.31 Å². The van der Waals surface area contributed by atoms with Crippen molar-refractivity contribution in [3.05, 3.63) is 48.3 Å². The number of amides is 1. The number of nitrogens with one attached hydrogen (secondary N) is 1. The molecule has 0 spiro atoms. The Morgan fingerprint density at radius 2 is 1.87 bits per heavy atom. The van der Waals surface area contributed by atoms with E-state index in [1.165, 1.54) is 10.00 Å². The molecule has 2 aliphatic heterocycles. The molecule has 2 saturated heterocycles. The Hall–Kier alpha value is -2.20. The first-order chi connectivity index (χ1) is 14.4. The number of hydrogen-bond donors (Lipinski definition) is 1. The molecule has 30 heavy (non-hydrogen) atoms. The normalized spacial score (nSPS) is 21.0. The molecule has 2 fully saturated rings. The summed E-state index contributed by atoms with van der Waals surface area (Å²) in [6.07, 6.45) is 4.13. The van der Waals surface area contributed by atoms with E-state index >= 15 is 0 Å². The number of ether oxygens (including phenoxy) is 1. The lowest BCUT2D eigenvalue weighted by atomic mass is 10.1. The Kier molecular flexibility index (Phi) is 6.24. The summed E-state index contributed by atoms with van der Waals surface area (Å²) in [7, 11) is -1.51. The van der Waals surface area contributed by atoms with Crippen molar-refractivity contribution >= 4 is 21.6 Å². The van der Waals surface area contributed by atoms with Gasteiger partial charge in [0.15, 0.2) is 0 Å². The summed E-state index contributed by atoms with van der Waals surface area (Å²) in [5, 5.41) is 2.89. The van der Waals surface area contributed by atoms with E-state index in [1.54, 1.807) is 24.3 Å². The summed E-state index contributed by atoms with van der Waals surface area (Å²) in [5.41, 5.74) is 1.81. The minimum Gasteiger partial charge on any atom is -0.379 e. The maximum atomic E-state index is 12.7. The van der Waals surface area contributed by atoms with Gasteiger partial charge in [-0.05, 0) is 55.8 Å². The second kappa shape index (κ2) is 8.89. The first kappa shape index (κ1) is 21.0. The monoisotopic (exact) mass is 432 g/mol. The van der Waals surface area contributed by atoms with Crippen molar-refractivity contribution in [3.63, 3.8) is 0 Å². The minimum atomic E-state index is -3.53. The molecule has 0 aliphatic carbocycles. The molecule has 162 valence electrons. The number of hydrogen-bond acceptors (Lipinski definition) is 5. The van der Waals surface area contributed by atoms with Crippen LogP contribution in [0.3, 0.4) is 0 Å². The van der Waals surface area contributed by atoms with Gasteiger partial charge in [0.05, 0.1) is 30.7 Å². The van der Waals surface area contributed by atoms with Crippen molar-refractivity contribution in [1.29, 1.82) is 0 Å². The number of aryl methyl sites for hydroxylation is 1. The fourth-order valence-electron chi connectivity index (χ4n) is 4.20. The third-order valence-corrected chi connectivity index (χ3v) is 7.69. The van der Waals surface area contributed by atoms with Gasteiger partial charge in [-0.1, -0.05) is 0 Å². The van der Waals surface area contributed by atoms with Crippen LogP contribution in [-0.4, -0.2) is 67.5 Å². The van der Waals surface area contributed by atoms with Crippen LogP contribution in [-0.2, 0) is 26.6 Å². The van der Waals surface area contributed by atoms with Crippen molar-refractivity contribution in [2.75, 3.05) is 44.7 Å². The van der Waals surface area contributed by atoms with Crippen LogP contribution in [0.25, 0.3) is 0 Å². The number of carbonyl (C=O) groups is 1. The smallest absolute Gasteiger partial charge is 0.243 e. The number of rotatable bonds is 6. The van der Waals surface area contributed by atoms with Gasteiger partial charge in [0.25, 0.3) is 0 Å². The van der Waals surface area contributed by atoms with Crippen LogP contribution < -0.4 is 5.32 Å². The first-order valence-corrected chi connectivity index (χ1v) is 11.7. The van der Waals surface area contributed by atoms with Gasteiger partial charge >= 0.3 is 0 Å². The lowest BCUT2D eigenvalue weighted by molar-refractivity contribution is -0.117. The molecule has 8 nitrogen and oxygen atoms in total. The Morgan fingerprint density at radius 1 is 1.13 bits per heavy atom. The molecule has 0 radical (unpaired) electrons. The predicted octanol–water partition coefficient (Wildman–Crippen LogP) is 1.82. The van der Waals surface area contributed by atoms with Gasteiger partial charge in [-0.25, -0.2) is 8.42 Å². The number of morpholine rings is 1. The van der Waals surface area contributed by atoms with Gasteiger partial charge in [0.2, 0.25) is 15.9 Å². The standard InChI is InChI=1S/C21H28N4O4S/c1-23-10-2-4-19(23)20-5-3-11-24(20)16-21(26)22-17-6-8-18(9-7-17)30(27,28)25-12-14-29-15-13-25/h2,4,6-10,20H,3,5,11-16H2,1H3,(H,22,26)/t20-/m0/s1. The van der Waals surface area contributed by atoms with E-state index in [1.807, 2.05) is 19.3 Å². The van der Waals surface area contributed by atoms with Crippen molar-refractivity contribution in [1.82, 2.24) is 13.8 Å². The third kappa shape index (κ3) is 4.44. The number of likely N-dealkylation sites (tertiary alicyclic amines) is 1. The molecule has 0 unspecified atom stereocenters. The second-order valence-corrected chi connectivity index (χ2v) is 9.70. The highest BCUT2D eigenvalue weighted by atomic mass is 32.2. The number of anilines is 1. The molecule has 1 atom stereocenters. The summed E-state index contributed by atoms with van der Waals surface area (Å²) in [6.45, 7) is 2.74. The predicted molar refractivity (Wildman–Crippen MR) is 114 cm³/mol. The van der Waals surface area contributed by atoms with Crippen LogP contribution >= 0.6 is 0 Å². The Bertz CT molecular complexity index is 981. The van der Waals surface area contributed by atoms with Gasteiger partial charge in [-0.3, -0.25) is 9.69 Å². The number of carbonyl (C=O) groups excluding carboxylic acids is 1. The van der Waals surface area contributed by atoms with E-state index in [4.69, 9.17) is 4.74 Å². The molecule has 3 heterocycles. The van der Waals surface area contributed by atoms with Crippen molar-refractivity contribution in [2.45, 2.75) is 23.8 Å². The molecule has 0 saturated carbocycles. The maximum Gasteiger partial charge on any atom is 0.243 e. The number of sulfonamides is 1. The van der Waals surface area contributed by atoms with E-state index in [-0.39, 0.29) is 16.8 Å². The molecule has 2 aliphatic rings. The zero-order valence-corrected chi connectivity index (χ0v) is 18.0. The molecule has 9 heteroatoms. The lowest BCUT2D eigenvalue weighted by Gasteiger charge is -2.26. The molecule has 1 aromatic carbocycles. The second-order valence-electron chi connectivity index (χ2n) is 7.76. The van der Waals surface area contributed by atoms with Crippen molar-refractivity contribution < 1.29 is 17.9 Å². The molecule has 1 N–H and O–H groups in total. The van der Waals surface area contributed by atoms with Crippen LogP contribution in [0.4, 0.5) is 5.69 Å². The molecule has 0 bridgehead atoms. The minimum absolute atomic E-state index is 0.0973. The van der Waals surface area contributed by atoms with Crippen molar-refractivity contribution in [2.24, 2.45) is 7.05 Å². The molecular weight excluding hydrogens is 404 g/mol. The molecular formula is C21H28N4O4S. The van der Waals surface area contributed by atoms with E-state index < -0.39 is 10.0 Å². The summed E-state index contributed by atoms with van der Waals surface area (Å²) < 4.78 is 34.2. The third-order valence-electron chi connectivity index (χ3n) is 5.78. The fourth-order valence-corrected chi connectivity index (χ4v) is 5.61. The highest BCUT2D eigenvalue weighted by Crippen LogP contribution is 2.31. The molecule has 2 aromatic rings. The van der Waals surface area contributed by atoms with Crippen LogP contribution in [0.2, 0.25) is 0 Å². The number of aromatic nitrogens is 1. The average Bonchev–Trinajstić information content (AvgIpc) is 3.37. The van der Waals surface area contributed by atoms with Gasteiger partial charge in [-0.15, -0.1) is 0 Å². The lowest BCUT2D eigenvalue weighted by Crippen LogP contribution is -2.40. The van der Waals surface area contributed by atoms with Crippen molar-refractivity contribution in [3.8, 4) is 0 Å². The topological polar surface area (TPSA) is 83.9 Å². The Morgan fingerprint density at radius 3 is 2.53 bits per heavy atom. The van der Waals surface area contributed by atoms with Crippen LogP contribution in [0.15, 0.2) is 47.5 Å². The SMILES string of the molecule is Cn1cccc1[C@@H]1CCCN1CC(=O)Nc1ccc(S(=O)(=O)N2CCOCC2)cc1. The van der Waals surface area contributed by atoms with Gasteiger partial charge in [0.1, 0.15) is 0 Å². The molecule has 4 rings (SSSR count). The largest absolute Gasteiger partial charge is 0.379 e. The van der Waals surface area contributed by atoms with Gasteiger partial charge in [0, 0.05) is 37.7 Å². The number of nitrogens with zero attached hydrogens (tertiary/aromatic N) is 3. The van der Waals surface area contributed by atoms with Crippen LogP contribution in [0.5, 0.6) is 0 Å². The summed E-state index contributed by atoms with van der Waals surface area (Å²) in [4.78, 5) is 15.0. The molecule has 1 amide bonds. The van der Waals surface area contributed by atoms with Crippen LogP contribution in [0.1, 0.15) is 24.6 Å². The Labute approximate surface area is 177 Å². The summed E-state index contributed by atoms with van der Waals surface area (Å²) >= 11 is 0. The first-order valence-electron chi connectivity index (χ1n) is 10.3. The maximum absolute atomic E-state index is 12.7. The summed E-state index contributed by atoms with van der Waals surface area (Å²) in [5.74, 6) is -0.0973. The highest BCUT2D eigenvalue weighted by molar-refractivity contribution is 7.89. The number of benzene rings is 1. The van der Waals surface area contributed by atoms with E-state index in [2.05, 4.69) is 20.9 Å². The Balaban J connectivity index is 1.37. The van der Waals surface area contributed by atoms with E-state index in [9.17, 15) is 13.2 Å². The quantitative estimate of drug-likeness (QED) is 0.753. The van der Waals surface area contributed by atoms with Crippen LogP contribution in [0, 0.1) is 0 Å². The highest BCUT2D eigenvalue weighted by Gasteiger charge is 2.29. The fraction of sp³-hybridized carbons (Fsp3) is 0.476. The average molecular weight is 433 g/mol. The zero-order valence-electron chi connectivity index (χ0n) is 17.2. The van der Waals surface area contributed by atoms with E-state index in [0.29, 0.717) is 38.5 Å². The zero-order chi connectivity index (χ0) is 21.1. The molecule has 1 aromatic heterocycles. The van der Waals surface area contributed by atoms with E-state index in [0.717, 1.165) is 19.4 Å². The van der Waals surface area contributed by atoms with Gasteiger partial charge < -0.3 is 14.6 Å². The summed E-state index contributed by atoms with van der Waals surface area (Å²) in [6, 6.07) is 10.8.